The van der Waals surface area contributed by atoms with Gasteiger partial charge < -0.3 is 19.5 Å². The molecule has 2 aromatic rings. The van der Waals surface area contributed by atoms with Gasteiger partial charge in [-0.1, -0.05) is 42.4 Å². The lowest BCUT2D eigenvalue weighted by Gasteiger charge is -2.30. The number of carbonyl (C=O) groups excluding carboxylic acids is 2. The number of nitrogens with zero attached hydrogens (tertiary/aromatic N) is 3. The molecule has 0 spiro atoms. The van der Waals surface area contributed by atoms with Crippen LogP contribution in [0.15, 0.2) is 22.7 Å². The Morgan fingerprint density at radius 2 is 1.97 bits per heavy atom. The van der Waals surface area contributed by atoms with Crippen LogP contribution >= 0.6 is 11.6 Å². The number of nitrogens with one attached hydrogen (secondary N) is 1. The van der Waals surface area contributed by atoms with Gasteiger partial charge in [-0.2, -0.15) is 4.98 Å². The molecule has 1 fully saturated rings. The first-order valence-corrected chi connectivity index (χ1v) is 11.4. The van der Waals surface area contributed by atoms with Gasteiger partial charge in [0.05, 0.1) is 7.11 Å². The van der Waals surface area contributed by atoms with Gasteiger partial charge in [-0.3, -0.25) is 9.59 Å². The van der Waals surface area contributed by atoms with Crippen molar-refractivity contribution in [1.29, 1.82) is 0 Å². The number of hydrogen-bond donors (Lipinski definition) is 1. The molecule has 1 aromatic carbocycles. The summed E-state index contributed by atoms with van der Waals surface area (Å²) in [6.45, 7) is 1.89. The molecule has 1 aromatic heterocycles. The molecule has 1 aliphatic rings. The van der Waals surface area contributed by atoms with Gasteiger partial charge in [-0.05, 0) is 31.0 Å². The van der Waals surface area contributed by atoms with Crippen LogP contribution in [0.3, 0.4) is 0 Å². The standard InChI is InChI=1S/C23H31ClN4O4/c1-16(29)26-23(12-6-4-5-7-13-23)22-25-20(32-27-22)10-11-21(30)28(2)15-17-14-18(24)8-9-19(17)31-3/h8-9,14H,4-7,10-13,15H2,1-3H3,(H,26,29). The molecule has 0 aliphatic heterocycles. The van der Waals surface area contributed by atoms with Crippen molar-refractivity contribution in [2.45, 2.75) is 70.4 Å². The van der Waals surface area contributed by atoms with E-state index in [1.54, 1.807) is 37.3 Å². The molecule has 9 heteroatoms. The van der Waals surface area contributed by atoms with Gasteiger partial charge in [0.1, 0.15) is 11.3 Å². The highest BCUT2D eigenvalue weighted by Crippen LogP contribution is 2.34. The summed E-state index contributed by atoms with van der Waals surface area (Å²) >= 11 is 6.08. The lowest BCUT2D eigenvalue weighted by atomic mass is 9.89. The summed E-state index contributed by atoms with van der Waals surface area (Å²) in [5.74, 6) is 1.43. The predicted octanol–water partition coefficient (Wildman–Crippen LogP) is 4.01. The van der Waals surface area contributed by atoms with Crippen LogP contribution < -0.4 is 10.1 Å². The minimum Gasteiger partial charge on any atom is -0.496 e. The maximum atomic E-state index is 12.7. The second-order valence-corrected chi connectivity index (χ2v) is 8.83. The molecule has 1 aliphatic carbocycles. The summed E-state index contributed by atoms with van der Waals surface area (Å²) in [6, 6.07) is 5.33. The fourth-order valence-electron chi connectivity index (χ4n) is 4.24. The first kappa shape index (κ1) is 24.0. The van der Waals surface area contributed by atoms with E-state index in [9.17, 15) is 9.59 Å². The highest BCUT2D eigenvalue weighted by molar-refractivity contribution is 6.30. The Morgan fingerprint density at radius 1 is 1.25 bits per heavy atom. The fraction of sp³-hybridized carbons (Fsp3) is 0.565. The van der Waals surface area contributed by atoms with Gasteiger partial charge in [0.2, 0.25) is 17.7 Å². The van der Waals surface area contributed by atoms with Crippen LogP contribution in [0.4, 0.5) is 0 Å². The largest absolute Gasteiger partial charge is 0.496 e. The van der Waals surface area contributed by atoms with Crippen LogP contribution in [-0.2, 0) is 28.1 Å². The van der Waals surface area contributed by atoms with E-state index >= 15 is 0 Å². The van der Waals surface area contributed by atoms with E-state index in [4.69, 9.17) is 20.9 Å². The molecular weight excluding hydrogens is 432 g/mol. The monoisotopic (exact) mass is 462 g/mol. The number of ether oxygens (including phenoxy) is 1. The van der Waals surface area contributed by atoms with E-state index < -0.39 is 5.54 Å². The van der Waals surface area contributed by atoms with E-state index in [-0.39, 0.29) is 18.2 Å². The van der Waals surface area contributed by atoms with Gasteiger partial charge in [0.25, 0.3) is 0 Å². The van der Waals surface area contributed by atoms with Crippen LogP contribution in [0.1, 0.15) is 69.1 Å². The number of rotatable bonds is 8. The molecular formula is C23H31ClN4O4. The number of carbonyl (C=O) groups is 2. The average molecular weight is 463 g/mol. The highest BCUT2D eigenvalue weighted by atomic mass is 35.5. The Labute approximate surface area is 193 Å². The van der Waals surface area contributed by atoms with Gasteiger partial charge >= 0.3 is 0 Å². The van der Waals surface area contributed by atoms with Gasteiger partial charge in [-0.25, -0.2) is 0 Å². The lowest BCUT2D eigenvalue weighted by molar-refractivity contribution is -0.130. The quantitative estimate of drug-likeness (QED) is 0.595. The van der Waals surface area contributed by atoms with Crippen molar-refractivity contribution >= 4 is 23.4 Å². The number of aryl methyl sites for hydroxylation is 1. The Bertz CT molecular complexity index is 938. The number of benzene rings is 1. The van der Waals surface area contributed by atoms with Gasteiger partial charge in [0, 0.05) is 43.9 Å². The number of aromatic nitrogens is 2. The third-order valence-corrected chi connectivity index (χ3v) is 6.13. The van der Waals surface area contributed by atoms with Crippen LogP contribution in [-0.4, -0.2) is 41.0 Å². The highest BCUT2D eigenvalue weighted by Gasteiger charge is 2.38. The zero-order valence-electron chi connectivity index (χ0n) is 18.9. The molecule has 174 valence electrons. The molecule has 0 bridgehead atoms. The number of hydrogen-bond acceptors (Lipinski definition) is 6. The van der Waals surface area contributed by atoms with Crippen molar-refractivity contribution in [3.63, 3.8) is 0 Å². The lowest BCUT2D eigenvalue weighted by Crippen LogP contribution is -2.45. The summed E-state index contributed by atoms with van der Waals surface area (Å²) < 4.78 is 10.8. The van der Waals surface area contributed by atoms with E-state index in [1.807, 2.05) is 0 Å². The average Bonchev–Trinajstić information content (AvgIpc) is 3.12. The Kier molecular flexibility index (Phi) is 8.12. The van der Waals surface area contributed by atoms with Gasteiger partial charge in [-0.15, -0.1) is 0 Å². The molecule has 32 heavy (non-hydrogen) atoms. The topological polar surface area (TPSA) is 97.6 Å². The van der Waals surface area contributed by atoms with Crippen molar-refractivity contribution in [2.75, 3.05) is 14.2 Å². The summed E-state index contributed by atoms with van der Waals surface area (Å²) in [5.41, 5.74) is 0.245. The maximum Gasteiger partial charge on any atom is 0.227 e. The van der Waals surface area contributed by atoms with Crippen molar-refractivity contribution in [2.24, 2.45) is 0 Å². The van der Waals surface area contributed by atoms with E-state index in [0.29, 0.717) is 35.5 Å². The van der Waals surface area contributed by atoms with Crippen LogP contribution in [0, 0.1) is 0 Å². The minimum absolute atomic E-state index is 0.0576. The van der Waals surface area contributed by atoms with E-state index in [1.165, 1.54) is 6.92 Å². The fourth-order valence-corrected chi connectivity index (χ4v) is 4.44. The van der Waals surface area contributed by atoms with E-state index in [2.05, 4.69) is 15.5 Å². The molecule has 2 amide bonds. The van der Waals surface area contributed by atoms with Gasteiger partial charge in [0.15, 0.2) is 5.82 Å². The molecule has 0 atom stereocenters. The first-order chi connectivity index (χ1) is 15.3. The second-order valence-electron chi connectivity index (χ2n) is 8.40. The molecule has 8 nitrogen and oxygen atoms in total. The predicted molar refractivity (Wildman–Crippen MR) is 120 cm³/mol. The van der Waals surface area contributed by atoms with Crippen LogP contribution in [0.25, 0.3) is 0 Å². The smallest absolute Gasteiger partial charge is 0.227 e. The third-order valence-electron chi connectivity index (χ3n) is 5.90. The molecule has 0 saturated heterocycles. The second kappa shape index (κ2) is 10.8. The van der Waals surface area contributed by atoms with Crippen LogP contribution in [0.2, 0.25) is 5.02 Å². The molecule has 1 heterocycles. The summed E-state index contributed by atoms with van der Waals surface area (Å²) in [7, 11) is 3.32. The summed E-state index contributed by atoms with van der Waals surface area (Å²) in [5, 5.41) is 7.83. The normalized spacial score (nSPS) is 15.6. The molecule has 0 radical (unpaired) electrons. The SMILES string of the molecule is COc1ccc(Cl)cc1CN(C)C(=O)CCc1nc(C2(NC(C)=O)CCCCCC2)no1. The van der Waals surface area contributed by atoms with E-state index in [0.717, 1.165) is 44.1 Å². The summed E-state index contributed by atoms with van der Waals surface area (Å²) in [6.07, 6.45) is 6.39. The number of halogens is 1. The van der Waals surface area contributed by atoms with Crippen LogP contribution in [0.5, 0.6) is 5.75 Å². The zero-order valence-corrected chi connectivity index (χ0v) is 19.7. The molecule has 1 saturated carbocycles. The molecule has 1 N–H and O–H groups in total. The Morgan fingerprint density at radius 3 is 2.62 bits per heavy atom. The van der Waals surface area contributed by atoms with Crippen molar-refractivity contribution in [1.82, 2.24) is 20.4 Å². The van der Waals surface area contributed by atoms with Crippen molar-refractivity contribution in [3.8, 4) is 5.75 Å². The molecule has 0 unspecified atom stereocenters. The van der Waals surface area contributed by atoms with Crippen molar-refractivity contribution < 1.29 is 18.8 Å². The molecule has 3 rings (SSSR count). The maximum absolute atomic E-state index is 12.7. The number of methoxy groups -OCH3 is 1. The van der Waals surface area contributed by atoms with Crippen molar-refractivity contribution in [3.05, 3.63) is 40.5 Å². The number of amides is 2. The Balaban J connectivity index is 1.63. The summed E-state index contributed by atoms with van der Waals surface area (Å²) in [4.78, 5) is 30.7. The zero-order chi connectivity index (χ0) is 23.1. The third kappa shape index (κ3) is 6.00. The first-order valence-electron chi connectivity index (χ1n) is 11.0. The minimum atomic E-state index is -0.589. The Hall–Kier alpha value is -2.61.